The zero-order valence-electron chi connectivity index (χ0n) is 9.12. The lowest BCUT2D eigenvalue weighted by Crippen LogP contribution is -1.99. The number of ketones is 1. The molecule has 3 nitrogen and oxygen atoms in total. The topological polar surface area (TPSA) is 46.5 Å². The molecule has 0 radical (unpaired) electrons. The Morgan fingerprint density at radius 2 is 2.13 bits per heavy atom. The van der Waals surface area contributed by atoms with Crippen molar-refractivity contribution in [3.8, 4) is 11.5 Å². The van der Waals surface area contributed by atoms with E-state index in [9.17, 15) is 9.90 Å². The molecule has 0 aliphatic carbocycles. The van der Waals surface area contributed by atoms with E-state index in [-0.39, 0.29) is 11.5 Å². The Morgan fingerprint density at radius 1 is 1.40 bits per heavy atom. The molecule has 0 aliphatic heterocycles. The first kappa shape index (κ1) is 11.6. The van der Waals surface area contributed by atoms with Gasteiger partial charge in [-0.15, -0.1) is 0 Å². The van der Waals surface area contributed by atoms with Crippen molar-refractivity contribution >= 4 is 5.78 Å². The average molecular weight is 208 g/mol. The predicted molar refractivity (Wildman–Crippen MR) is 58.5 cm³/mol. The molecule has 1 aromatic carbocycles. The number of carbonyl (C=O) groups excluding carboxylic acids is 1. The van der Waals surface area contributed by atoms with Gasteiger partial charge in [0, 0.05) is 12.0 Å². The fraction of sp³-hybridized carbons (Fsp3) is 0.417. The molecular formula is C12H16O3. The molecule has 0 spiro atoms. The van der Waals surface area contributed by atoms with E-state index < -0.39 is 0 Å². The summed E-state index contributed by atoms with van der Waals surface area (Å²) in [7, 11) is 0. The number of rotatable bonds is 5. The summed E-state index contributed by atoms with van der Waals surface area (Å²) >= 11 is 0. The standard InChI is InChI=1S/C12H16O3/c1-3-5-10(13)9-6-7-12(15-4-2)11(14)8-9/h6-8,14H,3-5H2,1-2H3. The van der Waals surface area contributed by atoms with Crippen LogP contribution in [0.1, 0.15) is 37.0 Å². The predicted octanol–water partition coefficient (Wildman–Crippen LogP) is 2.77. The van der Waals surface area contributed by atoms with Crippen LogP contribution >= 0.6 is 0 Å². The molecule has 1 aromatic rings. The third-order valence-corrected chi connectivity index (χ3v) is 2.06. The van der Waals surface area contributed by atoms with E-state index in [1.54, 1.807) is 12.1 Å². The Bertz CT molecular complexity index is 345. The number of carbonyl (C=O) groups is 1. The van der Waals surface area contributed by atoms with Crippen LogP contribution < -0.4 is 4.74 Å². The van der Waals surface area contributed by atoms with E-state index in [2.05, 4.69) is 0 Å². The van der Waals surface area contributed by atoms with Gasteiger partial charge in [-0.2, -0.15) is 0 Å². The molecule has 0 heterocycles. The van der Waals surface area contributed by atoms with E-state index in [0.717, 1.165) is 6.42 Å². The number of ether oxygens (including phenoxy) is 1. The normalized spacial score (nSPS) is 10.0. The largest absolute Gasteiger partial charge is 0.504 e. The summed E-state index contributed by atoms with van der Waals surface area (Å²) in [6, 6.07) is 4.77. The fourth-order valence-electron chi connectivity index (χ4n) is 1.34. The van der Waals surface area contributed by atoms with Crippen molar-refractivity contribution < 1.29 is 14.6 Å². The maximum absolute atomic E-state index is 11.5. The Balaban J connectivity index is 2.86. The van der Waals surface area contributed by atoms with Crippen LogP contribution in [0.4, 0.5) is 0 Å². The lowest BCUT2D eigenvalue weighted by Gasteiger charge is -2.06. The van der Waals surface area contributed by atoms with Crippen LogP contribution in [0.5, 0.6) is 11.5 Å². The molecule has 1 N–H and O–H groups in total. The first-order chi connectivity index (χ1) is 7.19. The summed E-state index contributed by atoms with van der Waals surface area (Å²) in [5.41, 5.74) is 0.540. The third-order valence-electron chi connectivity index (χ3n) is 2.06. The highest BCUT2D eigenvalue weighted by atomic mass is 16.5. The van der Waals surface area contributed by atoms with Gasteiger partial charge in [0.2, 0.25) is 0 Å². The summed E-state index contributed by atoms with van der Waals surface area (Å²) in [6.07, 6.45) is 1.32. The van der Waals surface area contributed by atoms with Gasteiger partial charge in [-0.1, -0.05) is 6.92 Å². The zero-order valence-corrected chi connectivity index (χ0v) is 9.12. The van der Waals surface area contributed by atoms with Crippen molar-refractivity contribution in [3.05, 3.63) is 23.8 Å². The SMILES string of the molecule is CCCC(=O)c1ccc(OCC)c(O)c1. The highest BCUT2D eigenvalue weighted by molar-refractivity contribution is 5.96. The number of hydrogen-bond acceptors (Lipinski definition) is 3. The van der Waals surface area contributed by atoms with Crippen molar-refractivity contribution in [2.75, 3.05) is 6.61 Å². The summed E-state index contributed by atoms with van der Waals surface area (Å²) < 4.78 is 5.17. The number of phenols is 1. The van der Waals surface area contributed by atoms with Gasteiger partial charge in [0.1, 0.15) is 0 Å². The van der Waals surface area contributed by atoms with Crippen LogP contribution in [0.2, 0.25) is 0 Å². The monoisotopic (exact) mass is 208 g/mol. The second-order valence-electron chi connectivity index (χ2n) is 3.29. The van der Waals surface area contributed by atoms with Gasteiger partial charge in [-0.05, 0) is 31.5 Å². The number of phenolic OH excluding ortho intramolecular Hbond substituents is 1. The first-order valence-corrected chi connectivity index (χ1v) is 5.18. The summed E-state index contributed by atoms with van der Waals surface area (Å²) in [5, 5.41) is 9.56. The van der Waals surface area contributed by atoms with Crippen molar-refractivity contribution in [1.82, 2.24) is 0 Å². The van der Waals surface area contributed by atoms with Crippen molar-refractivity contribution in [3.63, 3.8) is 0 Å². The van der Waals surface area contributed by atoms with Gasteiger partial charge in [0.05, 0.1) is 6.61 Å². The van der Waals surface area contributed by atoms with Crippen LogP contribution in [-0.4, -0.2) is 17.5 Å². The summed E-state index contributed by atoms with van der Waals surface area (Å²) in [4.78, 5) is 11.5. The quantitative estimate of drug-likeness (QED) is 0.757. The van der Waals surface area contributed by atoms with Gasteiger partial charge in [0.25, 0.3) is 0 Å². The van der Waals surface area contributed by atoms with E-state index in [1.807, 2.05) is 13.8 Å². The van der Waals surface area contributed by atoms with E-state index in [0.29, 0.717) is 24.3 Å². The molecule has 0 fully saturated rings. The van der Waals surface area contributed by atoms with E-state index in [1.165, 1.54) is 6.07 Å². The van der Waals surface area contributed by atoms with Crippen LogP contribution in [0, 0.1) is 0 Å². The Morgan fingerprint density at radius 3 is 2.67 bits per heavy atom. The second-order valence-corrected chi connectivity index (χ2v) is 3.29. The lowest BCUT2D eigenvalue weighted by molar-refractivity contribution is 0.0981. The highest BCUT2D eigenvalue weighted by Crippen LogP contribution is 2.27. The van der Waals surface area contributed by atoms with Crippen molar-refractivity contribution in [2.24, 2.45) is 0 Å². The molecule has 3 heteroatoms. The maximum Gasteiger partial charge on any atom is 0.163 e. The van der Waals surface area contributed by atoms with Gasteiger partial charge in [-0.25, -0.2) is 0 Å². The van der Waals surface area contributed by atoms with Gasteiger partial charge in [-0.3, -0.25) is 4.79 Å². The number of Topliss-reactive ketones (excluding diaryl/α,β-unsaturated/α-hetero) is 1. The van der Waals surface area contributed by atoms with Crippen LogP contribution in [0.15, 0.2) is 18.2 Å². The minimum Gasteiger partial charge on any atom is -0.504 e. The number of benzene rings is 1. The molecule has 82 valence electrons. The van der Waals surface area contributed by atoms with Crippen LogP contribution in [-0.2, 0) is 0 Å². The van der Waals surface area contributed by atoms with Crippen molar-refractivity contribution in [1.29, 1.82) is 0 Å². The molecule has 0 saturated heterocycles. The van der Waals surface area contributed by atoms with Gasteiger partial charge in [0.15, 0.2) is 17.3 Å². The van der Waals surface area contributed by atoms with Crippen LogP contribution in [0.3, 0.4) is 0 Å². The van der Waals surface area contributed by atoms with Crippen LogP contribution in [0.25, 0.3) is 0 Å². The molecule has 0 unspecified atom stereocenters. The minimum atomic E-state index is 0.0267. The molecule has 0 atom stereocenters. The fourth-order valence-corrected chi connectivity index (χ4v) is 1.34. The molecule has 0 amide bonds. The Hall–Kier alpha value is -1.51. The minimum absolute atomic E-state index is 0.0267. The molecule has 0 bridgehead atoms. The van der Waals surface area contributed by atoms with E-state index in [4.69, 9.17) is 4.74 Å². The zero-order chi connectivity index (χ0) is 11.3. The van der Waals surface area contributed by atoms with E-state index >= 15 is 0 Å². The smallest absolute Gasteiger partial charge is 0.163 e. The molecule has 1 rings (SSSR count). The second kappa shape index (κ2) is 5.39. The Labute approximate surface area is 89.7 Å². The Kier molecular flexibility index (Phi) is 4.16. The third kappa shape index (κ3) is 2.98. The molecule has 0 aliphatic rings. The first-order valence-electron chi connectivity index (χ1n) is 5.18. The lowest BCUT2D eigenvalue weighted by atomic mass is 10.1. The number of hydrogen-bond donors (Lipinski definition) is 1. The average Bonchev–Trinajstić information content (AvgIpc) is 2.21. The maximum atomic E-state index is 11.5. The van der Waals surface area contributed by atoms with Gasteiger partial charge >= 0.3 is 0 Å². The molecule has 15 heavy (non-hydrogen) atoms. The molecular weight excluding hydrogens is 192 g/mol. The summed E-state index contributed by atoms with van der Waals surface area (Å²) in [6.45, 7) is 4.29. The van der Waals surface area contributed by atoms with Gasteiger partial charge < -0.3 is 9.84 Å². The molecule has 0 aromatic heterocycles. The summed E-state index contributed by atoms with van der Waals surface area (Å²) in [5.74, 6) is 0.500. The number of aromatic hydroxyl groups is 1. The highest BCUT2D eigenvalue weighted by Gasteiger charge is 2.08. The molecule has 0 saturated carbocycles. The van der Waals surface area contributed by atoms with Crippen molar-refractivity contribution in [2.45, 2.75) is 26.7 Å².